The minimum Gasteiger partial charge on any atom is -0.310 e. The SMILES string of the molecule is CC1(C)c2ccccc2-c2c(N(c3cccc(-c4ccc(-c5cccc6c(CC7(C)c8ccccc8-c8c(N(c9ccc(-c%10ccc(-c%11ccc%12ccccc%12c%11)cc%10)cc9)c9ccc(-c%10ccc%11ccccc%11c%10)cc9)cccc87)cccc56)cc4)c3)c3ccccc3-c3ccc(-c4ccc5ccccc5c4)cc3)cccc21. The summed E-state index contributed by atoms with van der Waals surface area (Å²) in [5, 5.41) is 9.98. The van der Waals surface area contributed by atoms with Crippen molar-refractivity contribution < 1.29 is 0 Å². The average Bonchev–Trinajstić information content (AvgIpc) is 1.56. The minimum absolute atomic E-state index is 0.177. The molecule has 0 heterocycles. The van der Waals surface area contributed by atoms with E-state index in [-0.39, 0.29) is 10.8 Å². The lowest BCUT2D eigenvalue weighted by Gasteiger charge is -2.31. The van der Waals surface area contributed by atoms with Gasteiger partial charge in [0.05, 0.1) is 17.1 Å². The third-order valence-electron chi connectivity index (χ3n) is 24.7. The predicted molar refractivity (Wildman–Crippen MR) is 483 cm³/mol. The number of benzene rings is 19. The van der Waals surface area contributed by atoms with Gasteiger partial charge in [0, 0.05) is 44.6 Å². The van der Waals surface area contributed by atoms with Crippen molar-refractivity contribution in [3.8, 4) is 100 Å². The zero-order valence-electron chi connectivity index (χ0n) is 63.9. The van der Waals surface area contributed by atoms with Crippen LogP contribution in [0.3, 0.4) is 0 Å². The van der Waals surface area contributed by atoms with Crippen LogP contribution in [0.2, 0.25) is 0 Å². The molecular weight excluding hydrogens is 1370 g/mol. The molecule has 114 heavy (non-hydrogen) atoms. The zero-order valence-corrected chi connectivity index (χ0v) is 63.9. The average molecular weight is 1450 g/mol. The highest BCUT2D eigenvalue weighted by Crippen LogP contribution is 2.58. The third kappa shape index (κ3) is 11.7. The molecule has 0 aliphatic heterocycles. The lowest BCUT2D eigenvalue weighted by atomic mass is 9.74. The Morgan fingerprint density at radius 2 is 0.553 bits per heavy atom. The molecule has 0 saturated carbocycles. The third-order valence-corrected chi connectivity index (χ3v) is 24.7. The summed E-state index contributed by atoms with van der Waals surface area (Å²) in [5.74, 6) is 0. The van der Waals surface area contributed by atoms with Crippen molar-refractivity contribution in [1.29, 1.82) is 0 Å². The van der Waals surface area contributed by atoms with Crippen LogP contribution in [0.25, 0.3) is 143 Å². The first-order valence-corrected chi connectivity index (χ1v) is 39.9. The van der Waals surface area contributed by atoms with Crippen LogP contribution in [0.1, 0.15) is 48.6 Å². The number of hydrogen-bond acceptors (Lipinski definition) is 2. The van der Waals surface area contributed by atoms with E-state index in [2.05, 4.69) is 449 Å². The summed E-state index contributed by atoms with van der Waals surface area (Å²) >= 11 is 0. The molecule has 19 aromatic carbocycles. The second-order valence-electron chi connectivity index (χ2n) is 31.7. The Morgan fingerprint density at radius 3 is 1.11 bits per heavy atom. The Balaban J connectivity index is 0.614. The zero-order chi connectivity index (χ0) is 76.0. The van der Waals surface area contributed by atoms with Gasteiger partial charge < -0.3 is 9.80 Å². The molecule has 2 heteroatoms. The van der Waals surface area contributed by atoms with Gasteiger partial charge in [-0.1, -0.05) is 367 Å². The minimum atomic E-state index is -0.374. The number of rotatable bonds is 15. The standard InChI is InChI=1S/C112H80N2/c1-111(2)102-36-13-10-31-100(102)109-104(111)38-19-42-108(109)114(106-40-15-12-30-98(106)84-56-49-81(50-57-84)90-59-52-75-22-5-8-25-86(75)70-90)95-29-16-27-88(72-95)79-47-54-83(55-48-79)96-33-18-34-97-92(28-17-35-99(96)97)73-112(3)103-37-14-11-32-101(103)110-105(112)39-20-41-107(110)113(94-67-63-82(64-68-94)91-60-53-76-23-6-9-26-87(76)71-91)93-65-61-78(62-66-93)77-43-45-80(46-44-77)89-58-51-74-21-4-7-24-85(74)69-89/h4-72H,73H2,1-3H3. The van der Waals surface area contributed by atoms with Crippen LogP contribution in [0, 0.1) is 0 Å². The maximum Gasteiger partial charge on any atom is 0.0543 e. The molecule has 0 N–H and O–H groups in total. The highest BCUT2D eigenvalue weighted by Gasteiger charge is 2.42. The molecule has 0 saturated heterocycles. The normalized spacial score (nSPS) is 13.7. The van der Waals surface area contributed by atoms with Gasteiger partial charge in [-0.3, -0.25) is 0 Å². The summed E-state index contributed by atoms with van der Waals surface area (Å²) in [6, 6.07) is 156. The second-order valence-corrected chi connectivity index (χ2v) is 31.7. The van der Waals surface area contributed by atoms with Crippen LogP contribution in [0.4, 0.5) is 34.1 Å². The number of para-hydroxylation sites is 1. The highest BCUT2D eigenvalue weighted by atomic mass is 15.2. The van der Waals surface area contributed by atoms with E-state index >= 15 is 0 Å². The van der Waals surface area contributed by atoms with Crippen LogP contribution >= 0.6 is 0 Å². The molecule has 2 aliphatic rings. The van der Waals surface area contributed by atoms with Crippen LogP contribution in [0.15, 0.2) is 419 Å². The van der Waals surface area contributed by atoms with Gasteiger partial charge in [-0.05, 0) is 234 Å². The van der Waals surface area contributed by atoms with Gasteiger partial charge in [0.15, 0.2) is 0 Å². The first-order valence-electron chi connectivity index (χ1n) is 39.9. The van der Waals surface area contributed by atoms with Gasteiger partial charge in [0.1, 0.15) is 0 Å². The van der Waals surface area contributed by atoms with Crippen LogP contribution in [-0.2, 0) is 17.3 Å². The maximum atomic E-state index is 2.52. The van der Waals surface area contributed by atoms with Gasteiger partial charge in [-0.15, -0.1) is 0 Å². The first-order chi connectivity index (χ1) is 56.1. The monoisotopic (exact) mass is 1450 g/mol. The summed E-state index contributed by atoms with van der Waals surface area (Å²) in [7, 11) is 0. The lowest BCUT2D eigenvalue weighted by molar-refractivity contribution is 0.585. The molecule has 2 aliphatic carbocycles. The molecule has 2 nitrogen and oxygen atoms in total. The topological polar surface area (TPSA) is 6.48 Å². The van der Waals surface area contributed by atoms with Crippen molar-refractivity contribution in [2.75, 3.05) is 9.80 Å². The largest absolute Gasteiger partial charge is 0.310 e. The van der Waals surface area contributed by atoms with Gasteiger partial charge in [-0.2, -0.15) is 0 Å². The molecule has 0 radical (unpaired) electrons. The van der Waals surface area contributed by atoms with Crippen molar-refractivity contribution >= 4 is 77.2 Å². The molecule has 538 valence electrons. The van der Waals surface area contributed by atoms with E-state index in [4.69, 9.17) is 0 Å². The lowest BCUT2D eigenvalue weighted by Crippen LogP contribution is -2.24. The van der Waals surface area contributed by atoms with E-state index in [9.17, 15) is 0 Å². The quantitative estimate of drug-likeness (QED) is 0.101. The predicted octanol–water partition coefficient (Wildman–Crippen LogP) is 30.7. The van der Waals surface area contributed by atoms with Gasteiger partial charge in [-0.25, -0.2) is 0 Å². The Labute approximate surface area is 667 Å². The van der Waals surface area contributed by atoms with Gasteiger partial charge >= 0.3 is 0 Å². The first kappa shape index (κ1) is 67.9. The van der Waals surface area contributed by atoms with E-state index in [1.54, 1.807) is 0 Å². The van der Waals surface area contributed by atoms with Crippen LogP contribution in [0.5, 0.6) is 0 Å². The fourth-order valence-corrected chi connectivity index (χ4v) is 18.9. The van der Waals surface area contributed by atoms with E-state index in [1.807, 2.05) is 0 Å². The number of nitrogens with zero attached hydrogens (tertiary/aromatic N) is 2. The summed E-state index contributed by atoms with van der Waals surface area (Å²) in [6.45, 7) is 7.23. The van der Waals surface area contributed by atoms with E-state index < -0.39 is 0 Å². The molecule has 0 aromatic heterocycles. The summed E-state index contributed by atoms with van der Waals surface area (Å²) in [6.07, 6.45) is 0.807. The molecule has 21 rings (SSSR count). The fourth-order valence-electron chi connectivity index (χ4n) is 18.9. The Morgan fingerprint density at radius 1 is 0.202 bits per heavy atom. The van der Waals surface area contributed by atoms with Crippen LogP contribution in [-0.4, -0.2) is 0 Å². The van der Waals surface area contributed by atoms with Gasteiger partial charge in [0.2, 0.25) is 0 Å². The molecule has 19 aromatic rings. The molecule has 1 unspecified atom stereocenters. The Kier molecular flexibility index (Phi) is 16.5. The molecule has 1 atom stereocenters. The Hall–Kier alpha value is -14.2. The number of anilines is 6. The molecule has 0 bridgehead atoms. The van der Waals surface area contributed by atoms with Gasteiger partial charge in [0.25, 0.3) is 0 Å². The number of hydrogen-bond donors (Lipinski definition) is 0. The van der Waals surface area contributed by atoms with E-state index in [1.165, 1.54) is 149 Å². The summed E-state index contributed by atoms with van der Waals surface area (Å²) in [4.78, 5) is 5.01. The van der Waals surface area contributed by atoms with Crippen LogP contribution < -0.4 is 9.80 Å². The summed E-state index contributed by atoms with van der Waals surface area (Å²) < 4.78 is 0. The Bertz CT molecular complexity index is 6970. The molecule has 0 amide bonds. The number of fused-ring (bicyclic) bond motifs is 10. The fraction of sp³-hybridized carbons (Fsp3) is 0.0536. The van der Waals surface area contributed by atoms with E-state index in [0.29, 0.717) is 0 Å². The smallest absolute Gasteiger partial charge is 0.0543 e. The second kappa shape index (κ2) is 27.7. The van der Waals surface area contributed by atoms with Crippen molar-refractivity contribution in [1.82, 2.24) is 0 Å². The highest BCUT2D eigenvalue weighted by molar-refractivity contribution is 6.03. The van der Waals surface area contributed by atoms with Crippen molar-refractivity contribution in [2.24, 2.45) is 0 Å². The molecule has 0 fully saturated rings. The van der Waals surface area contributed by atoms with Crippen molar-refractivity contribution in [2.45, 2.75) is 38.0 Å². The summed E-state index contributed by atoms with van der Waals surface area (Å²) in [5.41, 5.74) is 34.5. The molecular formula is C112H80N2. The maximum absolute atomic E-state index is 2.52. The van der Waals surface area contributed by atoms with Crippen molar-refractivity contribution in [3.05, 3.63) is 446 Å². The van der Waals surface area contributed by atoms with E-state index in [0.717, 1.165) is 62.8 Å². The van der Waals surface area contributed by atoms with Crippen molar-refractivity contribution in [3.63, 3.8) is 0 Å². The molecule has 0 spiro atoms.